The van der Waals surface area contributed by atoms with Crippen LogP contribution in [0.2, 0.25) is 0 Å². The van der Waals surface area contributed by atoms with Crippen molar-refractivity contribution in [3.05, 3.63) is 71.0 Å². The molecule has 0 amide bonds. The Kier molecular flexibility index (Phi) is 5.78. The maximum atomic E-state index is 14.5. The molecule has 0 N–H and O–H groups in total. The third-order valence-electron chi connectivity index (χ3n) is 4.69. The van der Waals surface area contributed by atoms with E-state index in [2.05, 4.69) is 6.92 Å². The second kappa shape index (κ2) is 8.07. The van der Waals surface area contributed by atoms with Gasteiger partial charge >= 0.3 is 0 Å². The van der Waals surface area contributed by atoms with Gasteiger partial charge in [-0.1, -0.05) is 38.3 Å². The van der Waals surface area contributed by atoms with Crippen molar-refractivity contribution < 1.29 is 22.0 Å². The number of unbranched alkanes of at least 4 members (excludes halogenated alkanes) is 3. The standard InChI is InChI=1S/C22H19F5/c1-2-3-4-5-6-13-7-8-16(17(23)9-13)14-10-15-12-19(25)21(26)22(27)20(15)18(24)11-14/h7-12H,2-6H2,1H3. The van der Waals surface area contributed by atoms with Gasteiger partial charge in [0.1, 0.15) is 11.6 Å². The van der Waals surface area contributed by atoms with E-state index in [-0.39, 0.29) is 16.5 Å². The van der Waals surface area contributed by atoms with Crippen molar-refractivity contribution in [3.8, 4) is 11.1 Å². The Bertz CT molecular complexity index is 978. The van der Waals surface area contributed by atoms with Crippen molar-refractivity contribution in [2.24, 2.45) is 0 Å². The number of hydrogen-bond acceptors (Lipinski definition) is 0. The lowest BCUT2D eigenvalue weighted by atomic mass is 9.97. The van der Waals surface area contributed by atoms with Gasteiger partial charge in [-0.3, -0.25) is 0 Å². The van der Waals surface area contributed by atoms with E-state index in [1.54, 1.807) is 6.07 Å². The summed E-state index contributed by atoms with van der Waals surface area (Å²) in [5.41, 5.74) is 1.10. The van der Waals surface area contributed by atoms with Crippen molar-refractivity contribution in [1.29, 1.82) is 0 Å². The third-order valence-corrected chi connectivity index (χ3v) is 4.69. The molecule has 3 rings (SSSR count). The summed E-state index contributed by atoms with van der Waals surface area (Å²) in [7, 11) is 0. The zero-order valence-corrected chi connectivity index (χ0v) is 14.9. The molecule has 0 aliphatic heterocycles. The largest absolute Gasteiger partial charge is 0.206 e. The Morgan fingerprint density at radius 2 is 1.48 bits per heavy atom. The van der Waals surface area contributed by atoms with E-state index in [0.717, 1.165) is 43.7 Å². The minimum Gasteiger partial charge on any atom is -0.206 e. The van der Waals surface area contributed by atoms with Gasteiger partial charge in [0.2, 0.25) is 0 Å². The second-order valence-corrected chi connectivity index (χ2v) is 6.67. The van der Waals surface area contributed by atoms with E-state index >= 15 is 0 Å². The van der Waals surface area contributed by atoms with E-state index in [1.807, 2.05) is 0 Å². The molecule has 3 aromatic carbocycles. The number of hydrogen-bond donors (Lipinski definition) is 0. The molecule has 0 aromatic heterocycles. The van der Waals surface area contributed by atoms with Crippen molar-refractivity contribution >= 4 is 10.8 Å². The number of aryl methyl sites for hydroxylation is 1. The van der Waals surface area contributed by atoms with E-state index in [4.69, 9.17) is 0 Å². The van der Waals surface area contributed by atoms with Crippen LogP contribution in [0.1, 0.15) is 38.2 Å². The van der Waals surface area contributed by atoms with Crippen LogP contribution in [0.4, 0.5) is 22.0 Å². The van der Waals surface area contributed by atoms with Gasteiger partial charge in [0.05, 0.1) is 5.39 Å². The molecule has 5 heteroatoms. The average molecular weight is 378 g/mol. The molecule has 0 bridgehead atoms. The first-order chi connectivity index (χ1) is 12.9. The molecular formula is C22H19F5. The van der Waals surface area contributed by atoms with Gasteiger partial charge in [0.15, 0.2) is 17.5 Å². The molecule has 0 unspecified atom stereocenters. The van der Waals surface area contributed by atoms with Gasteiger partial charge < -0.3 is 0 Å². The fourth-order valence-electron chi connectivity index (χ4n) is 3.25. The molecule has 0 fully saturated rings. The van der Waals surface area contributed by atoms with Crippen LogP contribution in [0, 0.1) is 29.1 Å². The first-order valence-corrected chi connectivity index (χ1v) is 8.98. The fourth-order valence-corrected chi connectivity index (χ4v) is 3.25. The van der Waals surface area contributed by atoms with Crippen molar-refractivity contribution in [2.75, 3.05) is 0 Å². The van der Waals surface area contributed by atoms with Crippen LogP contribution >= 0.6 is 0 Å². The Morgan fingerprint density at radius 1 is 0.704 bits per heavy atom. The predicted octanol–water partition coefficient (Wildman–Crippen LogP) is 7.33. The highest BCUT2D eigenvalue weighted by molar-refractivity contribution is 5.88. The zero-order valence-electron chi connectivity index (χ0n) is 14.9. The second-order valence-electron chi connectivity index (χ2n) is 6.67. The number of benzene rings is 3. The highest BCUT2D eigenvalue weighted by atomic mass is 19.2. The van der Waals surface area contributed by atoms with E-state index in [9.17, 15) is 22.0 Å². The van der Waals surface area contributed by atoms with Gasteiger partial charge in [-0.15, -0.1) is 0 Å². The Labute approximate surface area is 154 Å². The quantitative estimate of drug-likeness (QED) is 0.239. The molecule has 0 aliphatic rings. The summed E-state index contributed by atoms with van der Waals surface area (Å²) in [5, 5.41) is -0.810. The fraction of sp³-hybridized carbons (Fsp3) is 0.273. The predicted molar refractivity (Wildman–Crippen MR) is 97.0 cm³/mol. The summed E-state index contributed by atoms with van der Waals surface area (Å²) in [6.07, 6.45) is 5.03. The summed E-state index contributed by atoms with van der Waals surface area (Å²) in [6.45, 7) is 2.11. The van der Waals surface area contributed by atoms with Gasteiger partial charge in [-0.05, 0) is 53.6 Å². The van der Waals surface area contributed by atoms with Crippen LogP contribution in [-0.2, 0) is 6.42 Å². The molecule has 27 heavy (non-hydrogen) atoms. The minimum absolute atomic E-state index is 0.123. The monoisotopic (exact) mass is 378 g/mol. The molecule has 0 saturated carbocycles. The first-order valence-electron chi connectivity index (χ1n) is 8.98. The summed E-state index contributed by atoms with van der Waals surface area (Å²) < 4.78 is 69.5. The molecule has 3 aromatic rings. The van der Waals surface area contributed by atoms with Crippen LogP contribution in [-0.4, -0.2) is 0 Å². The van der Waals surface area contributed by atoms with Crippen LogP contribution in [0.25, 0.3) is 21.9 Å². The highest BCUT2D eigenvalue weighted by Crippen LogP contribution is 2.32. The molecule has 0 radical (unpaired) electrons. The Morgan fingerprint density at radius 3 is 2.19 bits per heavy atom. The molecule has 0 atom stereocenters. The van der Waals surface area contributed by atoms with Crippen LogP contribution in [0.3, 0.4) is 0 Å². The minimum atomic E-state index is -1.73. The molecule has 0 heterocycles. The lowest BCUT2D eigenvalue weighted by Crippen LogP contribution is -1.96. The van der Waals surface area contributed by atoms with E-state index in [1.165, 1.54) is 18.2 Å². The zero-order chi connectivity index (χ0) is 19.6. The molecule has 0 nitrogen and oxygen atoms in total. The van der Waals surface area contributed by atoms with Gasteiger partial charge in [0.25, 0.3) is 0 Å². The first kappa shape index (κ1) is 19.3. The Hall–Kier alpha value is -2.43. The van der Waals surface area contributed by atoms with Crippen molar-refractivity contribution in [1.82, 2.24) is 0 Å². The van der Waals surface area contributed by atoms with Gasteiger partial charge in [0, 0.05) is 5.56 Å². The summed E-state index contributed by atoms with van der Waals surface area (Å²) in [5.74, 6) is -6.34. The average Bonchev–Trinajstić information content (AvgIpc) is 2.63. The normalized spacial score (nSPS) is 11.3. The van der Waals surface area contributed by atoms with E-state index in [0.29, 0.717) is 6.07 Å². The maximum absolute atomic E-state index is 14.5. The molecular weight excluding hydrogens is 359 g/mol. The third kappa shape index (κ3) is 3.97. The number of halogens is 5. The van der Waals surface area contributed by atoms with Gasteiger partial charge in [-0.25, -0.2) is 22.0 Å². The number of fused-ring (bicyclic) bond motifs is 1. The lowest BCUT2D eigenvalue weighted by molar-refractivity contribution is 0.451. The molecule has 142 valence electrons. The summed E-state index contributed by atoms with van der Waals surface area (Å²) >= 11 is 0. The van der Waals surface area contributed by atoms with Crippen LogP contribution in [0.5, 0.6) is 0 Å². The van der Waals surface area contributed by atoms with E-state index < -0.39 is 34.5 Å². The SMILES string of the molecule is CCCCCCc1ccc(-c2cc(F)c3c(F)c(F)c(F)cc3c2)c(F)c1. The summed E-state index contributed by atoms with van der Waals surface area (Å²) in [6, 6.07) is 7.58. The number of rotatable bonds is 6. The smallest absolute Gasteiger partial charge is 0.195 e. The highest BCUT2D eigenvalue weighted by Gasteiger charge is 2.18. The Balaban J connectivity index is 1.96. The lowest BCUT2D eigenvalue weighted by Gasteiger charge is -2.10. The summed E-state index contributed by atoms with van der Waals surface area (Å²) in [4.78, 5) is 0. The maximum Gasteiger partial charge on any atom is 0.195 e. The van der Waals surface area contributed by atoms with Crippen molar-refractivity contribution in [3.63, 3.8) is 0 Å². The van der Waals surface area contributed by atoms with Gasteiger partial charge in [-0.2, -0.15) is 0 Å². The molecule has 0 aliphatic carbocycles. The van der Waals surface area contributed by atoms with Crippen molar-refractivity contribution in [2.45, 2.75) is 39.0 Å². The molecule has 0 spiro atoms. The van der Waals surface area contributed by atoms with Crippen LogP contribution < -0.4 is 0 Å². The topological polar surface area (TPSA) is 0 Å². The van der Waals surface area contributed by atoms with Crippen LogP contribution in [0.15, 0.2) is 36.4 Å². The molecule has 0 saturated heterocycles.